The third kappa shape index (κ3) is 21.9. The molecule has 3 heterocycles. The van der Waals surface area contributed by atoms with Crippen molar-refractivity contribution in [2.75, 3.05) is 13.1 Å². The van der Waals surface area contributed by atoms with Crippen LogP contribution < -0.4 is 65.5 Å². The Morgan fingerprint density at radius 2 is 1.01 bits per heavy atom. The molecule has 0 radical (unpaired) electrons. The number of carboxylic acids is 1. The molecule has 11 amide bonds. The highest BCUT2D eigenvalue weighted by atomic mass is 16.4. The van der Waals surface area contributed by atoms with Crippen LogP contribution >= 0.6 is 0 Å². The number of hydrogen-bond donors (Lipinski definition) is 15. The van der Waals surface area contributed by atoms with E-state index < -0.39 is 144 Å². The van der Waals surface area contributed by atoms with Gasteiger partial charge in [-0.25, -0.2) is 4.79 Å². The summed E-state index contributed by atoms with van der Waals surface area (Å²) in [7, 11) is 0. The molecule has 3 aromatic carbocycles. The van der Waals surface area contributed by atoms with Crippen molar-refractivity contribution in [3.8, 4) is 0 Å². The quantitative estimate of drug-likeness (QED) is 0.0259. The second kappa shape index (κ2) is 35.5. The minimum Gasteiger partial charge on any atom is -0.480 e. The third-order valence-corrected chi connectivity index (χ3v) is 16.5. The van der Waals surface area contributed by atoms with Crippen molar-refractivity contribution in [1.82, 2.24) is 57.4 Å². The molecule has 1 saturated heterocycles. The van der Waals surface area contributed by atoms with Crippen LogP contribution in [0, 0.1) is 17.8 Å². The first kappa shape index (κ1) is 74.3. The number of H-pyrrole nitrogens is 2. The van der Waals surface area contributed by atoms with Gasteiger partial charge in [-0.2, -0.15) is 0 Å². The van der Waals surface area contributed by atoms with Gasteiger partial charge in [0.05, 0.1) is 12.5 Å². The number of aromatic amines is 2. The number of likely N-dealkylation sites (tertiary alicyclic amines) is 1. The molecule has 10 atom stereocenters. The summed E-state index contributed by atoms with van der Waals surface area (Å²) >= 11 is 0. The Bertz CT molecular complexity index is 3520. The van der Waals surface area contributed by atoms with Gasteiger partial charge >= 0.3 is 5.97 Å². The number of primary amides is 2. The van der Waals surface area contributed by atoms with Gasteiger partial charge in [-0.1, -0.05) is 108 Å². The average Bonchev–Trinajstić information content (AvgIpc) is 1.75. The summed E-state index contributed by atoms with van der Waals surface area (Å²) < 4.78 is 0. The van der Waals surface area contributed by atoms with Gasteiger partial charge < -0.3 is 85.4 Å². The van der Waals surface area contributed by atoms with Crippen molar-refractivity contribution in [3.05, 3.63) is 108 Å². The van der Waals surface area contributed by atoms with Crippen molar-refractivity contribution in [2.45, 2.75) is 179 Å². The highest BCUT2D eigenvalue weighted by Crippen LogP contribution is 2.24. The minimum absolute atomic E-state index is 0.0258. The summed E-state index contributed by atoms with van der Waals surface area (Å²) in [6.45, 7) is 10.8. The lowest BCUT2D eigenvalue weighted by molar-refractivity contribution is -0.143. The number of nitrogens with one attached hydrogen (secondary N) is 10. The Morgan fingerprint density at radius 1 is 0.537 bits per heavy atom. The van der Waals surface area contributed by atoms with Gasteiger partial charge in [-0.15, -0.1) is 0 Å². The van der Waals surface area contributed by atoms with E-state index in [0.29, 0.717) is 34.0 Å². The first-order valence-corrected chi connectivity index (χ1v) is 32.3. The molecule has 0 bridgehead atoms. The number of aliphatic carboxylic acids is 1. The van der Waals surface area contributed by atoms with E-state index >= 15 is 4.79 Å². The van der Waals surface area contributed by atoms with Crippen LogP contribution in [0.4, 0.5) is 0 Å². The van der Waals surface area contributed by atoms with Crippen molar-refractivity contribution in [3.63, 3.8) is 0 Å². The summed E-state index contributed by atoms with van der Waals surface area (Å²) in [4.78, 5) is 173. The van der Waals surface area contributed by atoms with E-state index in [9.17, 15) is 57.8 Å². The molecule has 0 aliphatic carbocycles. The number of carbonyl (C=O) groups is 12. The zero-order valence-corrected chi connectivity index (χ0v) is 54.7. The smallest absolute Gasteiger partial charge is 0.326 e. The summed E-state index contributed by atoms with van der Waals surface area (Å²) in [5, 5.41) is 33.4. The molecule has 0 saturated carbocycles. The van der Waals surface area contributed by atoms with Crippen LogP contribution in [0.1, 0.15) is 116 Å². The van der Waals surface area contributed by atoms with E-state index in [4.69, 9.17) is 22.9 Å². The molecule has 0 unspecified atom stereocenters. The van der Waals surface area contributed by atoms with Gasteiger partial charge in [-0.3, -0.25) is 52.7 Å². The van der Waals surface area contributed by atoms with E-state index in [1.54, 1.807) is 80.8 Å². The fourth-order valence-electron chi connectivity index (χ4n) is 11.6. The number of rotatable bonds is 37. The standard InChI is InChI=1S/C67H93N15O13/c1-36(2)28-49(61(88)79-52(30-39-16-8-7-9-17-39)66(93)82-27-15-23-54(82)64(91)78-50(29-37(3)4)62(89)80-53(67(94)95)32-41-35-73-46-21-13-11-19-43(41)46)76-59(86)47(22-14-26-68)75-65(92)57(38(5)6)81-63(90)51(31-40-34-72-45-20-12-10-18-42(40)45)77-60(87)48(24-25-55(70)83)74-58(85)44(69)33-56(71)84/h7-13,16-21,34-38,44,47-54,57,72-73H,14-15,22-33,68-69H2,1-6H3,(H2,70,83)(H2,71,84)(H,74,85)(H,75,92)(H,76,86)(H,77,87)(H,78,91)(H,79,88)(H,80,89)(H,81,90)(H,94,95)/t44-,47-,48-,49-,50-,51+,52+,53+,54-,57-/m0/s1. The van der Waals surface area contributed by atoms with Crippen molar-refractivity contribution in [2.24, 2.45) is 40.7 Å². The maximum absolute atomic E-state index is 15.0. The van der Waals surface area contributed by atoms with Crippen LogP contribution in [0.15, 0.2) is 91.3 Å². The molecule has 95 heavy (non-hydrogen) atoms. The zero-order chi connectivity index (χ0) is 69.6. The molecule has 0 spiro atoms. The van der Waals surface area contributed by atoms with E-state index in [0.717, 1.165) is 10.9 Å². The molecule has 19 N–H and O–H groups in total. The number of amides is 11. The monoisotopic (exact) mass is 1320 g/mol. The Balaban J connectivity index is 1.20. The average molecular weight is 1320 g/mol. The number of carbonyl (C=O) groups excluding carboxylic acids is 11. The summed E-state index contributed by atoms with van der Waals surface area (Å²) in [5.74, 6) is -11.1. The highest BCUT2D eigenvalue weighted by molar-refractivity contribution is 6.00. The largest absolute Gasteiger partial charge is 0.480 e. The Hall–Kier alpha value is -9.70. The summed E-state index contributed by atoms with van der Waals surface area (Å²) in [6.07, 6.45) is 2.82. The van der Waals surface area contributed by atoms with Crippen LogP contribution in [0.3, 0.4) is 0 Å². The maximum atomic E-state index is 15.0. The Labute approximate surface area is 551 Å². The number of carboxylic acid groups (broad SMARTS) is 1. The normalized spacial score (nSPS) is 15.9. The Morgan fingerprint density at radius 3 is 1.55 bits per heavy atom. The second-order valence-corrected chi connectivity index (χ2v) is 25.5. The molecule has 1 aliphatic rings. The molecule has 514 valence electrons. The van der Waals surface area contributed by atoms with E-state index in [1.807, 2.05) is 52.0 Å². The Kier molecular flexibility index (Phi) is 27.8. The molecule has 6 rings (SSSR count). The minimum atomic E-state index is -1.49. The topological polar surface area (TPSA) is 460 Å². The first-order chi connectivity index (χ1) is 45.1. The number of aromatic nitrogens is 2. The SMILES string of the molecule is CC(C)C[C@H](NC(=O)[C@H](CCCN)NC(=O)[C@@H](NC(=O)[C@@H](Cc1c[nH]c2ccccc12)NC(=O)[C@H](CCC(N)=O)NC(=O)[C@@H](N)CC(N)=O)C(C)C)C(=O)N[C@H](Cc1ccccc1)C(=O)N1CCC[C@H]1C(=O)N[C@@H](CC(C)C)C(=O)N[C@H](Cc1c[nH]c2ccccc12)C(=O)O. The second-order valence-electron chi connectivity index (χ2n) is 25.5. The van der Waals surface area contributed by atoms with Crippen LogP contribution in [-0.4, -0.2) is 164 Å². The van der Waals surface area contributed by atoms with E-state index in [-0.39, 0.29) is 89.1 Å². The lowest BCUT2D eigenvalue weighted by Crippen LogP contribution is -2.61. The zero-order valence-electron chi connectivity index (χ0n) is 54.7. The molecule has 28 heteroatoms. The van der Waals surface area contributed by atoms with Crippen molar-refractivity contribution in [1.29, 1.82) is 0 Å². The molecular formula is C67H93N15O13. The predicted molar refractivity (Wildman–Crippen MR) is 354 cm³/mol. The van der Waals surface area contributed by atoms with Crippen LogP contribution in [0.2, 0.25) is 0 Å². The van der Waals surface area contributed by atoms with Crippen LogP contribution in [0.25, 0.3) is 21.8 Å². The molecule has 1 fully saturated rings. The third-order valence-electron chi connectivity index (χ3n) is 16.5. The van der Waals surface area contributed by atoms with Gasteiger partial charge in [0, 0.05) is 66.4 Å². The maximum Gasteiger partial charge on any atom is 0.326 e. The fourth-order valence-corrected chi connectivity index (χ4v) is 11.6. The van der Waals surface area contributed by atoms with Crippen LogP contribution in [0.5, 0.6) is 0 Å². The summed E-state index contributed by atoms with van der Waals surface area (Å²) in [5.41, 5.74) is 25.9. The fraction of sp³-hybridized carbons (Fsp3) is 0.493. The number of para-hydroxylation sites is 2. The van der Waals surface area contributed by atoms with E-state index in [1.165, 1.54) is 4.90 Å². The molecule has 28 nitrogen and oxygen atoms in total. The summed E-state index contributed by atoms with van der Waals surface area (Å²) in [6, 6.07) is 10.0. The molecular weight excluding hydrogens is 1220 g/mol. The number of hydrogen-bond acceptors (Lipinski definition) is 14. The van der Waals surface area contributed by atoms with E-state index in [2.05, 4.69) is 52.5 Å². The number of nitrogens with two attached hydrogens (primary N) is 4. The number of benzene rings is 3. The van der Waals surface area contributed by atoms with Gasteiger partial charge in [0.15, 0.2) is 0 Å². The lowest BCUT2D eigenvalue weighted by atomic mass is 9.98. The number of nitrogens with zero attached hydrogens (tertiary/aromatic N) is 1. The molecule has 2 aromatic heterocycles. The molecule has 1 aliphatic heterocycles. The van der Waals surface area contributed by atoms with Gasteiger partial charge in [-0.05, 0) is 98.1 Å². The predicted octanol–water partition coefficient (Wildman–Crippen LogP) is 0.586. The highest BCUT2D eigenvalue weighted by Gasteiger charge is 2.41. The van der Waals surface area contributed by atoms with Gasteiger partial charge in [0.25, 0.3) is 0 Å². The van der Waals surface area contributed by atoms with Crippen LogP contribution in [-0.2, 0) is 76.8 Å². The van der Waals surface area contributed by atoms with Gasteiger partial charge in [0.2, 0.25) is 65.0 Å². The molecule has 5 aromatic rings. The lowest BCUT2D eigenvalue weighted by Gasteiger charge is -2.32. The number of fused-ring (bicyclic) bond motifs is 2. The van der Waals surface area contributed by atoms with Crippen molar-refractivity contribution < 1.29 is 62.6 Å². The van der Waals surface area contributed by atoms with Gasteiger partial charge in [0.1, 0.15) is 54.4 Å². The first-order valence-electron chi connectivity index (χ1n) is 32.3. The van der Waals surface area contributed by atoms with Crippen molar-refractivity contribution >= 4 is 92.8 Å².